The van der Waals surface area contributed by atoms with E-state index in [0.29, 0.717) is 10.6 Å². The van der Waals surface area contributed by atoms with Crippen LogP contribution in [0, 0.1) is 0 Å². The van der Waals surface area contributed by atoms with Gasteiger partial charge in [-0.1, -0.05) is 57.9 Å². The van der Waals surface area contributed by atoms with Gasteiger partial charge in [0.05, 0.1) is 10.7 Å². The van der Waals surface area contributed by atoms with Crippen LogP contribution in [0.5, 0.6) is 0 Å². The lowest BCUT2D eigenvalue weighted by Gasteiger charge is -2.08. The van der Waals surface area contributed by atoms with Crippen LogP contribution in [0.2, 0.25) is 5.02 Å². The maximum absolute atomic E-state index is 12.0. The van der Waals surface area contributed by atoms with Crippen molar-refractivity contribution >= 4 is 39.0 Å². The highest BCUT2D eigenvalue weighted by Gasteiger charge is 2.04. The van der Waals surface area contributed by atoms with Crippen LogP contribution in [-0.4, -0.2) is 5.78 Å². The second-order valence-electron chi connectivity index (χ2n) is 4.31. The van der Waals surface area contributed by atoms with Gasteiger partial charge in [0, 0.05) is 21.8 Å². The van der Waals surface area contributed by atoms with Crippen molar-refractivity contribution in [2.75, 3.05) is 5.32 Å². The van der Waals surface area contributed by atoms with Crippen molar-refractivity contribution in [3.05, 3.63) is 75.4 Å². The Balaban J connectivity index is 2.13. The number of hydrogen-bond acceptors (Lipinski definition) is 2. The number of nitrogens with one attached hydrogen (secondary N) is 1. The average Bonchev–Trinajstić information content (AvgIpc) is 2.43. The molecule has 0 bridgehead atoms. The minimum Gasteiger partial charge on any atom is -0.358 e. The van der Waals surface area contributed by atoms with Crippen molar-refractivity contribution in [3.8, 4) is 0 Å². The molecule has 0 aliphatic heterocycles. The molecular formula is C16H13BrClNO. The number of anilines is 1. The van der Waals surface area contributed by atoms with Crippen LogP contribution in [-0.2, 0) is 0 Å². The number of hydrogen-bond donors (Lipinski definition) is 1. The summed E-state index contributed by atoms with van der Waals surface area (Å²) < 4.78 is 0.912. The van der Waals surface area contributed by atoms with E-state index in [1.54, 1.807) is 24.3 Å². The van der Waals surface area contributed by atoms with Gasteiger partial charge in [0.25, 0.3) is 0 Å². The molecule has 2 rings (SSSR count). The quantitative estimate of drug-likeness (QED) is 0.599. The largest absolute Gasteiger partial charge is 0.358 e. The third-order valence-electron chi connectivity index (χ3n) is 2.67. The Bertz CT molecular complexity index is 653. The van der Waals surface area contributed by atoms with Crippen LogP contribution in [0.25, 0.3) is 0 Å². The van der Waals surface area contributed by atoms with Gasteiger partial charge in [0.15, 0.2) is 5.78 Å². The number of benzene rings is 2. The molecule has 2 nitrogen and oxygen atoms in total. The topological polar surface area (TPSA) is 29.1 Å². The Morgan fingerprint density at radius 2 is 1.90 bits per heavy atom. The van der Waals surface area contributed by atoms with Gasteiger partial charge in [0.1, 0.15) is 0 Å². The molecule has 4 heteroatoms. The van der Waals surface area contributed by atoms with E-state index in [4.69, 9.17) is 11.6 Å². The predicted octanol–water partition coefficient (Wildman–Crippen LogP) is 5.30. The molecule has 0 unspecified atom stereocenters. The van der Waals surface area contributed by atoms with Crippen LogP contribution < -0.4 is 5.32 Å². The van der Waals surface area contributed by atoms with E-state index in [0.717, 1.165) is 15.9 Å². The maximum atomic E-state index is 12.0. The zero-order chi connectivity index (χ0) is 14.5. The normalized spacial score (nSPS) is 11.2. The van der Waals surface area contributed by atoms with E-state index in [1.165, 1.54) is 0 Å². The number of carbonyl (C=O) groups is 1. The molecule has 0 aliphatic rings. The number of halogens is 2. The highest BCUT2D eigenvalue weighted by atomic mass is 79.9. The lowest BCUT2D eigenvalue weighted by molar-refractivity contribution is 0.104. The zero-order valence-corrected chi connectivity index (χ0v) is 13.2. The minimum absolute atomic E-state index is 0.0381. The van der Waals surface area contributed by atoms with Gasteiger partial charge in [-0.15, -0.1) is 0 Å². The first-order chi connectivity index (χ1) is 9.56. The van der Waals surface area contributed by atoms with Crippen molar-refractivity contribution in [3.63, 3.8) is 0 Å². The first-order valence-electron chi connectivity index (χ1n) is 6.06. The van der Waals surface area contributed by atoms with Crippen molar-refractivity contribution in [1.82, 2.24) is 0 Å². The Hall–Kier alpha value is -1.58. The summed E-state index contributed by atoms with van der Waals surface area (Å²) in [6, 6.07) is 14.7. The average molecular weight is 351 g/mol. The molecule has 0 heterocycles. The van der Waals surface area contributed by atoms with E-state index in [-0.39, 0.29) is 5.78 Å². The molecule has 0 saturated carbocycles. The molecule has 0 radical (unpaired) electrons. The smallest absolute Gasteiger partial charge is 0.187 e. The third-order valence-corrected chi connectivity index (χ3v) is 3.47. The molecule has 2 aromatic rings. The molecule has 0 saturated heterocycles. The molecule has 20 heavy (non-hydrogen) atoms. The Kier molecular flexibility index (Phi) is 4.99. The molecule has 0 aromatic heterocycles. The molecule has 1 N–H and O–H groups in total. The molecule has 0 atom stereocenters. The summed E-state index contributed by atoms with van der Waals surface area (Å²) in [5, 5.41) is 3.72. The van der Waals surface area contributed by atoms with E-state index in [1.807, 2.05) is 37.3 Å². The van der Waals surface area contributed by atoms with Crippen LogP contribution in [0.15, 0.2) is 64.8 Å². The first-order valence-corrected chi connectivity index (χ1v) is 7.23. The summed E-state index contributed by atoms with van der Waals surface area (Å²) in [5.74, 6) is -0.0381. The van der Waals surface area contributed by atoms with Crippen LogP contribution in [0.1, 0.15) is 17.3 Å². The molecule has 0 spiro atoms. The highest BCUT2D eigenvalue weighted by Crippen LogP contribution is 2.26. The summed E-state index contributed by atoms with van der Waals surface area (Å²) in [7, 11) is 0. The maximum Gasteiger partial charge on any atom is 0.187 e. The second kappa shape index (κ2) is 6.73. The Labute approximate surface area is 131 Å². The predicted molar refractivity (Wildman–Crippen MR) is 87.3 cm³/mol. The van der Waals surface area contributed by atoms with Crippen molar-refractivity contribution in [2.24, 2.45) is 0 Å². The molecule has 0 aliphatic carbocycles. The number of ketones is 1. The van der Waals surface area contributed by atoms with Crippen LogP contribution in [0.4, 0.5) is 5.69 Å². The lowest BCUT2D eigenvalue weighted by Crippen LogP contribution is -2.01. The van der Waals surface area contributed by atoms with Gasteiger partial charge in [-0.25, -0.2) is 0 Å². The number of allylic oxidation sites excluding steroid dienone is 2. The van der Waals surface area contributed by atoms with Crippen molar-refractivity contribution in [2.45, 2.75) is 6.92 Å². The molecular weight excluding hydrogens is 338 g/mol. The van der Waals surface area contributed by atoms with Crippen molar-refractivity contribution in [1.29, 1.82) is 0 Å². The summed E-state index contributed by atoms with van der Waals surface area (Å²) in [4.78, 5) is 12.0. The standard InChI is InChI=1S/C16H13BrClNO/c1-11(9-16(20)12-5-3-2-4-6-12)19-15-8-7-13(17)10-14(15)18/h2-10,19H,1H3/b11-9+. The fraction of sp³-hybridized carbons (Fsp3) is 0.0625. The Morgan fingerprint density at radius 3 is 2.55 bits per heavy atom. The molecule has 2 aromatic carbocycles. The first kappa shape index (κ1) is 14.8. The number of carbonyl (C=O) groups excluding carboxylic acids is 1. The van der Waals surface area contributed by atoms with Crippen LogP contribution >= 0.6 is 27.5 Å². The second-order valence-corrected chi connectivity index (χ2v) is 5.63. The number of rotatable bonds is 4. The fourth-order valence-corrected chi connectivity index (χ4v) is 2.44. The summed E-state index contributed by atoms with van der Waals surface area (Å²) >= 11 is 9.47. The van der Waals surface area contributed by atoms with Gasteiger partial charge in [-0.2, -0.15) is 0 Å². The highest BCUT2D eigenvalue weighted by molar-refractivity contribution is 9.10. The third kappa shape index (κ3) is 3.95. The van der Waals surface area contributed by atoms with Gasteiger partial charge in [-0.05, 0) is 25.1 Å². The fourth-order valence-electron chi connectivity index (χ4n) is 1.72. The monoisotopic (exact) mass is 349 g/mol. The van der Waals surface area contributed by atoms with Gasteiger partial charge < -0.3 is 5.32 Å². The van der Waals surface area contributed by atoms with E-state index in [2.05, 4.69) is 21.2 Å². The Morgan fingerprint density at radius 1 is 1.20 bits per heavy atom. The zero-order valence-electron chi connectivity index (χ0n) is 10.9. The minimum atomic E-state index is -0.0381. The summed E-state index contributed by atoms with van der Waals surface area (Å²) in [5.41, 5.74) is 2.17. The lowest BCUT2D eigenvalue weighted by atomic mass is 10.1. The van der Waals surface area contributed by atoms with Gasteiger partial charge in [0.2, 0.25) is 0 Å². The van der Waals surface area contributed by atoms with Gasteiger partial charge >= 0.3 is 0 Å². The van der Waals surface area contributed by atoms with E-state index in [9.17, 15) is 4.79 Å². The van der Waals surface area contributed by atoms with Crippen molar-refractivity contribution < 1.29 is 4.79 Å². The van der Waals surface area contributed by atoms with E-state index >= 15 is 0 Å². The molecule has 0 fully saturated rings. The SMILES string of the molecule is C/C(=C\C(=O)c1ccccc1)Nc1ccc(Br)cc1Cl. The summed E-state index contributed by atoms with van der Waals surface area (Å²) in [6.07, 6.45) is 1.56. The van der Waals surface area contributed by atoms with Gasteiger partial charge in [-0.3, -0.25) is 4.79 Å². The summed E-state index contributed by atoms with van der Waals surface area (Å²) in [6.45, 7) is 1.83. The molecule has 0 amide bonds. The van der Waals surface area contributed by atoms with E-state index < -0.39 is 0 Å². The molecule has 102 valence electrons. The van der Waals surface area contributed by atoms with Crippen LogP contribution in [0.3, 0.4) is 0 Å².